The average molecular weight is 281 g/mol. The van der Waals surface area contributed by atoms with Gasteiger partial charge in [-0.3, -0.25) is 4.79 Å². The zero-order chi connectivity index (χ0) is 13.7. The summed E-state index contributed by atoms with van der Waals surface area (Å²) < 4.78 is 31.8. The molecule has 102 valence electrons. The summed E-state index contributed by atoms with van der Waals surface area (Å²) in [4.78, 5) is 11.8. The molecule has 4 rings (SSSR count). The molecule has 3 aliphatic rings. The number of nitrogens with one attached hydrogen (secondary N) is 1. The fraction of sp³-hybridized carbons (Fsp3) is 0.462. The first-order valence-corrected chi connectivity index (χ1v) is 7.57. The number of sulfonamides is 1. The molecule has 5 nitrogen and oxygen atoms in total. The number of hydrogen-bond acceptors (Lipinski definition) is 4. The van der Waals surface area contributed by atoms with Gasteiger partial charge in [-0.1, -0.05) is 18.2 Å². The Morgan fingerprint density at radius 3 is 2.32 bits per heavy atom. The lowest BCUT2D eigenvalue weighted by Gasteiger charge is -2.68. The largest absolute Gasteiger partial charge is 0.469 e. The highest BCUT2D eigenvalue weighted by Gasteiger charge is 2.73. The maximum atomic E-state index is 12.2. The maximum absolute atomic E-state index is 12.2. The van der Waals surface area contributed by atoms with Crippen LogP contribution in [0.2, 0.25) is 0 Å². The van der Waals surface area contributed by atoms with Gasteiger partial charge in [-0.05, 0) is 31.4 Å². The van der Waals surface area contributed by atoms with E-state index in [-0.39, 0.29) is 10.9 Å². The van der Waals surface area contributed by atoms with Crippen LogP contribution in [0.15, 0.2) is 35.2 Å². The molecule has 3 fully saturated rings. The molecular formula is C13H15NO4S. The van der Waals surface area contributed by atoms with E-state index in [2.05, 4.69) is 4.72 Å². The summed E-state index contributed by atoms with van der Waals surface area (Å²) in [5.41, 5.74) is -0.878. The van der Waals surface area contributed by atoms with Crippen LogP contribution < -0.4 is 4.72 Å². The highest BCUT2D eigenvalue weighted by Crippen LogP contribution is 2.67. The molecule has 2 bridgehead atoms. The van der Waals surface area contributed by atoms with Crippen LogP contribution in [0.5, 0.6) is 0 Å². The molecule has 1 aromatic carbocycles. The topological polar surface area (TPSA) is 72.5 Å². The number of carbonyl (C=O) groups is 1. The summed E-state index contributed by atoms with van der Waals surface area (Å²) in [6, 6.07) is 8.26. The Bertz CT molecular complexity index is 604. The predicted molar refractivity (Wildman–Crippen MR) is 67.8 cm³/mol. The lowest BCUT2D eigenvalue weighted by Crippen LogP contribution is -2.77. The average Bonchev–Trinajstić information content (AvgIpc) is 2.32. The van der Waals surface area contributed by atoms with Gasteiger partial charge in [0.15, 0.2) is 0 Å². The van der Waals surface area contributed by atoms with Crippen LogP contribution in [0.4, 0.5) is 0 Å². The third-order valence-corrected chi connectivity index (χ3v) is 5.65. The zero-order valence-corrected chi connectivity index (χ0v) is 11.4. The van der Waals surface area contributed by atoms with Gasteiger partial charge in [0.05, 0.1) is 17.4 Å². The minimum absolute atomic E-state index is 0.228. The Morgan fingerprint density at radius 2 is 1.79 bits per heavy atom. The summed E-state index contributed by atoms with van der Waals surface area (Å²) in [5, 5.41) is 0. The van der Waals surface area contributed by atoms with Crippen molar-refractivity contribution < 1.29 is 17.9 Å². The van der Waals surface area contributed by atoms with Crippen LogP contribution in [0.1, 0.15) is 19.3 Å². The molecule has 3 saturated carbocycles. The van der Waals surface area contributed by atoms with Crippen molar-refractivity contribution in [2.45, 2.75) is 29.7 Å². The van der Waals surface area contributed by atoms with Crippen molar-refractivity contribution >= 4 is 16.0 Å². The fourth-order valence-corrected chi connectivity index (χ4v) is 4.69. The van der Waals surface area contributed by atoms with E-state index < -0.39 is 21.0 Å². The molecular weight excluding hydrogens is 266 g/mol. The molecule has 0 unspecified atom stereocenters. The van der Waals surface area contributed by atoms with Gasteiger partial charge in [0.2, 0.25) is 10.0 Å². The maximum Gasteiger partial charge on any atom is 0.312 e. The number of methoxy groups -OCH3 is 1. The lowest BCUT2D eigenvalue weighted by atomic mass is 9.40. The summed E-state index contributed by atoms with van der Waals surface area (Å²) in [6.07, 6.45) is 1.62. The molecule has 1 aromatic rings. The SMILES string of the molecule is COC(=O)C12CC(NS(=O)(=O)c3ccccc3)(C1)C2. The van der Waals surface area contributed by atoms with Crippen LogP contribution in [0.25, 0.3) is 0 Å². The first-order valence-electron chi connectivity index (χ1n) is 6.09. The minimum Gasteiger partial charge on any atom is -0.469 e. The molecule has 0 aliphatic heterocycles. The molecule has 0 spiro atoms. The van der Waals surface area contributed by atoms with E-state index in [0.29, 0.717) is 19.3 Å². The molecule has 0 atom stereocenters. The quantitative estimate of drug-likeness (QED) is 0.838. The molecule has 0 saturated heterocycles. The summed E-state index contributed by atoms with van der Waals surface area (Å²) in [5.74, 6) is -0.228. The van der Waals surface area contributed by atoms with Crippen LogP contribution >= 0.6 is 0 Å². The Balaban J connectivity index is 1.71. The van der Waals surface area contributed by atoms with Crippen LogP contribution in [0, 0.1) is 5.41 Å². The zero-order valence-electron chi connectivity index (χ0n) is 10.5. The van der Waals surface area contributed by atoms with E-state index in [0.717, 1.165) is 0 Å². The van der Waals surface area contributed by atoms with Gasteiger partial charge >= 0.3 is 5.97 Å². The van der Waals surface area contributed by atoms with Crippen molar-refractivity contribution in [3.05, 3.63) is 30.3 Å². The monoisotopic (exact) mass is 281 g/mol. The van der Waals surface area contributed by atoms with E-state index >= 15 is 0 Å². The van der Waals surface area contributed by atoms with Crippen molar-refractivity contribution in [2.75, 3.05) is 7.11 Å². The van der Waals surface area contributed by atoms with Gasteiger partial charge in [-0.25, -0.2) is 13.1 Å². The Labute approximate surface area is 112 Å². The first-order chi connectivity index (χ1) is 8.91. The smallest absolute Gasteiger partial charge is 0.312 e. The molecule has 0 aromatic heterocycles. The number of hydrogen-bond donors (Lipinski definition) is 1. The van der Waals surface area contributed by atoms with E-state index in [9.17, 15) is 13.2 Å². The molecule has 0 heterocycles. The van der Waals surface area contributed by atoms with Crippen LogP contribution in [0.3, 0.4) is 0 Å². The summed E-state index contributed by atoms with van der Waals surface area (Å²) in [7, 11) is -2.14. The standard InChI is InChI=1S/C13H15NO4S/c1-18-11(15)12-7-13(8-12,9-12)14-19(16,17)10-5-3-2-4-6-10/h2-6,14H,7-9H2,1H3. The van der Waals surface area contributed by atoms with Gasteiger partial charge in [0.1, 0.15) is 0 Å². The molecule has 6 heteroatoms. The molecule has 1 N–H and O–H groups in total. The van der Waals surface area contributed by atoms with Crippen molar-refractivity contribution in [3.63, 3.8) is 0 Å². The second-order valence-electron chi connectivity index (χ2n) is 5.50. The third kappa shape index (κ3) is 1.78. The van der Waals surface area contributed by atoms with Crippen molar-refractivity contribution in [2.24, 2.45) is 5.41 Å². The third-order valence-electron chi connectivity index (χ3n) is 4.05. The Hall–Kier alpha value is -1.40. The lowest BCUT2D eigenvalue weighted by molar-refractivity contribution is -0.197. The summed E-state index contributed by atoms with van der Waals surface area (Å²) >= 11 is 0. The number of rotatable bonds is 4. The number of carbonyl (C=O) groups excluding carboxylic acids is 1. The Morgan fingerprint density at radius 1 is 1.21 bits per heavy atom. The number of benzene rings is 1. The highest BCUT2D eigenvalue weighted by atomic mass is 32.2. The van der Waals surface area contributed by atoms with Gasteiger partial charge in [0, 0.05) is 5.54 Å². The molecule has 19 heavy (non-hydrogen) atoms. The summed E-state index contributed by atoms with van der Waals surface area (Å²) in [6.45, 7) is 0. The first kappa shape index (κ1) is 12.6. The number of ether oxygens (including phenoxy) is 1. The minimum atomic E-state index is -3.50. The van der Waals surface area contributed by atoms with Gasteiger partial charge in [-0.15, -0.1) is 0 Å². The molecule has 3 aliphatic carbocycles. The number of esters is 1. The Kier molecular flexibility index (Phi) is 2.53. The van der Waals surface area contributed by atoms with E-state index in [1.54, 1.807) is 30.3 Å². The van der Waals surface area contributed by atoms with E-state index in [1.807, 2.05) is 0 Å². The van der Waals surface area contributed by atoms with Crippen LogP contribution in [-0.4, -0.2) is 27.0 Å². The van der Waals surface area contributed by atoms with Crippen molar-refractivity contribution in [1.29, 1.82) is 0 Å². The van der Waals surface area contributed by atoms with Gasteiger partial charge in [0.25, 0.3) is 0 Å². The van der Waals surface area contributed by atoms with Gasteiger partial charge in [-0.2, -0.15) is 0 Å². The highest BCUT2D eigenvalue weighted by molar-refractivity contribution is 7.89. The van der Waals surface area contributed by atoms with Crippen LogP contribution in [-0.2, 0) is 19.6 Å². The van der Waals surface area contributed by atoms with Crippen molar-refractivity contribution in [1.82, 2.24) is 4.72 Å². The fourth-order valence-electron chi connectivity index (χ4n) is 3.27. The second kappa shape index (κ2) is 3.80. The van der Waals surface area contributed by atoms with E-state index in [1.165, 1.54) is 7.11 Å². The second-order valence-corrected chi connectivity index (χ2v) is 7.18. The van der Waals surface area contributed by atoms with E-state index in [4.69, 9.17) is 4.74 Å². The molecule has 0 radical (unpaired) electrons. The molecule has 0 amide bonds. The normalized spacial score (nSPS) is 32.1. The predicted octanol–water partition coefficient (Wildman–Crippen LogP) is 1.06. The van der Waals surface area contributed by atoms with Crippen molar-refractivity contribution in [3.8, 4) is 0 Å². The van der Waals surface area contributed by atoms with Gasteiger partial charge < -0.3 is 4.74 Å².